The number of rotatable bonds is 2. The summed E-state index contributed by atoms with van der Waals surface area (Å²) in [5.74, 6) is -0.238. The Kier molecular flexibility index (Phi) is 3.33. The van der Waals surface area contributed by atoms with E-state index in [1.807, 2.05) is 36.4 Å². The third kappa shape index (κ3) is 2.48. The molecule has 1 amide bonds. The maximum absolute atomic E-state index is 13.2. The maximum atomic E-state index is 13.2. The Bertz CT molecular complexity index is 661. The van der Waals surface area contributed by atoms with Gasteiger partial charge in [0, 0.05) is 12.2 Å². The van der Waals surface area contributed by atoms with Crippen LogP contribution in [0.15, 0.2) is 60.7 Å². The highest BCUT2D eigenvalue weighted by molar-refractivity contribution is 6.02. The summed E-state index contributed by atoms with van der Waals surface area (Å²) in [5, 5.41) is 0. The van der Waals surface area contributed by atoms with Gasteiger partial charge < -0.3 is 4.90 Å². The molecular formula is C17H14FNO. The molecule has 0 unspecified atom stereocenters. The first-order chi connectivity index (χ1) is 9.74. The summed E-state index contributed by atoms with van der Waals surface area (Å²) in [6.07, 6.45) is 4.36. The summed E-state index contributed by atoms with van der Waals surface area (Å²) < 4.78 is 13.2. The number of anilines is 1. The van der Waals surface area contributed by atoms with Gasteiger partial charge in [0.15, 0.2) is 0 Å². The first-order valence-electron chi connectivity index (χ1n) is 6.58. The Balaban J connectivity index is 1.88. The molecule has 0 saturated carbocycles. The summed E-state index contributed by atoms with van der Waals surface area (Å²) in [6.45, 7) is 0.703. The molecule has 100 valence electrons. The largest absolute Gasteiger partial charge is 0.309 e. The molecule has 0 radical (unpaired) electrons. The lowest BCUT2D eigenvalue weighted by Gasteiger charge is -2.23. The highest BCUT2D eigenvalue weighted by atomic mass is 19.1. The van der Waals surface area contributed by atoms with Crippen molar-refractivity contribution in [2.75, 3.05) is 11.4 Å². The Labute approximate surface area is 117 Å². The summed E-state index contributed by atoms with van der Waals surface area (Å²) in [5.41, 5.74) is 2.65. The lowest BCUT2D eigenvalue weighted by atomic mass is 10.0. The van der Waals surface area contributed by atoms with E-state index in [-0.39, 0.29) is 11.7 Å². The topological polar surface area (TPSA) is 20.3 Å². The number of halogens is 1. The second-order valence-electron chi connectivity index (χ2n) is 4.74. The normalized spacial score (nSPS) is 14.7. The number of hydrogen-bond donors (Lipinski definition) is 0. The van der Waals surface area contributed by atoms with Gasteiger partial charge in [0.2, 0.25) is 0 Å². The zero-order valence-electron chi connectivity index (χ0n) is 10.9. The second-order valence-corrected chi connectivity index (χ2v) is 4.74. The molecule has 1 aliphatic rings. The molecule has 20 heavy (non-hydrogen) atoms. The van der Waals surface area contributed by atoms with E-state index in [1.165, 1.54) is 12.1 Å². The summed E-state index contributed by atoms with van der Waals surface area (Å²) in [4.78, 5) is 13.5. The molecule has 3 rings (SSSR count). The lowest BCUT2D eigenvalue weighted by molar-refractivity contribution is -0.114. The predicted octanol–water partition coefficient (Wildman–Crippen LogP) is 3.79. The van der Waals surface area contributed by atoms with Crippen molar-refractivity contribution in [3.63, 3.8) is 0 Å². The van der Waals surface area contributed by atoms with Gasteiger partial charge in [0.1, 0.15) is 5.82 Å². The van der Waals surface area contributed by atoms with E-state index in [0.717, 1.165) is 23.2 Å². The molecule has 2 aromatic carbocycles. The zero-order chi connectivity index (χ0) is 13.9. The van der Waals surface area contributed by atoms with Crippen molar-refractivity contribution < 1.29 is 9.18 Å². The molecule has 1 heterocycles. The van der Waals surface area contributed by atoms with E-state index in [0.29, 0.717) is 6.54 Å². The number of hydrogen-bond acceptors (Lipinski definition) is 1. The van der Waals surface area contributed by atoms with Crippen molar-refractivity contribution in [3.8, 4) is 11.1 Å². The van der Waals surface area contributed by atoms with Crippen LogP contribution < -0.4 is 4.90 Å². The van der Waals surface area contributed by atoms with Crippen LogP contribution in [-0.2, 0) is 4.79 Å². The minimum Gasteiger partial charge on any atom is -0.309 e. The van der Waals surface area contributed by atoms with Gasteiger partial charge in [-0.1, -0.05) is 30.3 Å². The first-order valence-corrected chi connectivity index (χ1v) is 6.58. The molecule has 0 aliphatic carbocycles. The zero-order valence-corrected chi connectivity index (χ0v) is 10.9. The molecule has 0 aromatic heterocycles. The van der Waals surface area contributed by atoms with Crippen molar-refractivity contribution in [3.05, 3.63) is 66.5 Å². The lowest BCUT2D eigenvalue weighted by Crippen LogP contribution is -2.32. The van der Waals surface area contributed by atoms with Gasteiger partial charge in [0.05, 0.1) is 0 Å². The average Bonchev–Trinajstić information content (AvgIpc) is 2.48. The monoisotopic (exact) mass is 267 g/mol. The second kappa shape index (κ2) is 5.29. The Hall–Kier alpha value is -2.42. The van der Waals surface area contributed by atoms with Gasteiger partial charge in [0.25, 0.3) is 5.91 Å². The van der Waals surface area contributed by atoms with E-state index in [2.05, 4.69) is 0 Å². The fraction of sp³-hybridized carbons (Fsp3) is 0.118. The Morgan fingerprint density at radius 1 is 1.00 bits per heavy atom. The van der Waals surface area contributed by atoms with Crippen LogP contribution in [-0.4, -0.2) is 12.5 Å². The standard InChI is InChI=1S/C17H14FNO/c18-15-5-3-4-14(12-15)13-7-9-16(10-8-13)19-11-2-1-6-17(19)20/h1,3-10,12H,2,11H2. The number of carbonyl (C=O) groups is 1. The fourth-order valence-electron chi connectivity index (χ4n) is 2.35. The number of benzene rings is 2. The van der Waals surface area contributed by atoms with Crippen molar-refractivity contribution in [1.29, 1.82) is 0 Å². The van der Waals surface area contributed by atoms with Crippen LogP contribution in [0.3, 0.4) is 0 Å². The number of amides is 1. The SMILES string of the molecule is O=C1C=CCCN1c1ccc(-c2cccc(F)c2)cc1. The van der Waals surface area contributed by atoms with Crippen LogP contribution >= 0.6 is 0 Å². The van der Waals surface area contributed by atoms with Crippen molar-refractivity contribution in [2.45, 2.75) is 6.42 Å². The molecule has 2 nitrogen and oxygen atoms in total. The fourth-order valence-corrected chi connectivity index (χ4v) is 2.35. The minimum atomic E-state index is -0.247. The number of carbonyl (C=O) groups excluding carboxylic acids is 1. The summed E-state index contributed by atoms with van der Waals surface area (Å²) in [7, 11) is 0. The van der Waals surface area contributed by atoms with Crippen LogP contribution in [0.2, 0.25) is 0 Å². The van der Waals surface area contributed by atoms with Crippen LogP contribution in [0.25, 0.3) is 11.1 Å². The minimum absolute atomic E-state index is 0.00903. The van der Waals surface area contributed by atoms with Crippen LogP contribution in [0.5, 0.6) is 0 Å². The van der Waals surface area contributed by atoms with Crippen LogP contribution in [0.4, 0.5) is 10.1 Å². The third-order valence-corrected chi connectivity index (χ3v) is 3.38. The third-order valence-electron chi connectivity index (χ3n) is 3.38. The molecule has 0 saturated heterocycles. The molecule has 1 aliphatic heterocycles. The van der Waals surface area contributed by atoms with Gasteiger partial charge in [-0.05, 0) is 47.9 Å². The molecule has 0 N–H and O–H groups in total. The van der Waals surface area contributed by atoms with E-state index in [9.17, 15) is 9.18 Å². The van der Waals surface area contributed by atoms with E-state index < -0.39 is 0 Å². The van der Waals surface area contributed by atoms with E-state index in [4.69, 9.17) is 0 Å². The molecule has 0 bridgehead atoms. The maximum Gasteiger partial charge on any atom is 0.250 e. The van der Waals surface area contributed by atoms with Crippen molar-refractivity contribution in [1.82, 2.24) is 0 Å². The van der Waals surface area contributed by atoms with Crippen molar-refractivity contribution >= 4 is 11.6 Å². The first kappa shape index (κ1) is 12.6. The highest BCUT2D eigenvalue weighted by Crippen LogP contribution is 2.24. The Morgan fingerprint density at radius 3 is 2.50 bits per heavy atom. The smallest absolute Gasteiger partial charge is 0.250 e. The predicted molar refractivity (Wildman–Crippen MR) is 77.9 cm³/mol. The quantitative estimate of drug-likeness (QED) is 0.810. The molecule has 0 fully saturated rings. The number of nitrogens with zero attached hydrogens (tertiary/aromatic N) is 1. The van der Waals surface area contributed by atoms with E-state index >= 15 is 0 Å². The van der Waals surface area contributed by atoms with E-state index in [1.54, 1.807) is 17.0 Å². The van der Waals surface area contributed by atoms with Crippen LogP contribution in [0.1, 0.15) is 6.42 Å². The van der Waals surface area contributed by atoms with Crippen LogP contribution in [0, 0.1) is 5.82 Å². The van der Waals surface area contributed by atoms with Gasteiger partial charge in [-0.3, -0.25) is 4.79 Å². The van der Waals surface area contributed by atoms with Gasteiger partial charge in [-0.15, -0.1) is 0 Å². The molecule has 0 spiro atoms. The van der Waals surface area contributed by atoms with Gasteiger partial charge in [-0.25, -0.2) is 4.39 Å². The van der Waals surface area contributed by atoms with Crippen molar-refractivity contribution in [2.24, 2.45) is 0 Å². The molecule has 2 aromatic rings. The van der Waals surface area contributed by atoms with Gasteiger partial charge in [-0.2, -0.15) is 0 Å². The highest BCUT2D eigenvalue weighted by Gasteiger charge is 2.15. The summed E-state index contributed by atoms with van der Waals surface area (Å²) in [6, 6.07) is 14.1. The average molecular weight is 267 g/mol. The Morgan fingerprint density at radius 2 is 1.80 bits per heavy atom. The van der Waals surface area contributed by atoms with Gasteiger partial charge >= 0.3 is 0 Å². The molecule has 0 atom stereocenters. The molecular weight excluding hydrogens is 253 g/mol. The molecule has 3 heteroatoms. The summed E-state index contributed by atoms with van der Waals surface area (Å²) >= 11 is 0.